The summed E-state index contributed by atoms with van der Waals surface area (Å²) in [6, 6.07) is 1.57. The maximum Gasteiger partial charge on any atom is 0.327 e. The van der Waals surface area contributed by atoms with Crippen LogP contribution in [0.2, 0.25) is 0 Å². The monoisotopic (exact) mass is 403 g/mol. The van der Waals surface area contributed by atoms with Crippen molar-refractivity contribution in [3.8, 4) is 0 Å². The Kier molecular flexibility index (Phi) is 7.37. The van der Waals surface area contributed by atoms with Crippen molar-refractivity contribution < 1.29 is 4.79 Å². The van der Waals surface area contributed by atoms with Crippen LogP contribution in [0.4, 0.5) is 0 Å². The number of likely N-dealkylation sites (tertiary alicyclic amines) is 1. The van der Waals surface area contributed by atoms with Gasteiger partial charge in [0, 0.05) is 19.1 Å². The summed E-state index contributed by atoms with van der Waals surface area (Å²) in [5, 5.41) is 0.286. The summed E-state index contributed by atoms with van der Waals surface area (Å²) in [4.78, 5) is 46.9. The number of pyridine rings is 1. The van der Waals surface area contributed by atoms with Crippen LogP contribution in [0.1, 0.15) is 35.8 Å². The number of carbonyl (C=O) groups excluding carboxylic acids is 1. The van der Waals surface area contributed by atoms with Gasteiger partial charge in [-0.2, -0.15) is 0 Å². The normalized spacial score (nSPS) is 19.6. The van der Waals surface area contributed by atoms with Gasteiger partial charge in [0.15, 0.2) is 0 Å². The van der Waals surface area contributed by atoms with E-state index < -0.39 is 11.2 Å². The topological polar surface area (TPSA) is 125 Å². The first kappa shape index (κ1) is 22.1. The van der Waals surface area contributed by atoms with Crippen LogP contribution >= 0.6 is 24.8 Å². The number of carbonyl (C=O) groups is 1. The first-order chi connectivity index (χ1) is 11.4. The number of aromatic nitrogens is 3. The molecule has 1 fully saturated rings. The van der Waals surface area contributed by atoms with E-state index in [1.807, 2.05) is 0 Å². The standard InChI is InChI=1S/C16H21N5O3.2ClH/c1-8-3-4-21(10(5-8)7-17)15(23)11-6-9(2)12-13(18-11)19-16(24)20-14(12)22;;/h6,8,10H,3-5,7,17H2,1-2H3,(H2,18,19,20,22,24);2*1H. The number of piperidine rings is 1. The summed E-state index contributed by atoms with van der Waals surface area (Å²) in [5.74, 6) is 0.312. The molecule has 2 atom stereocenters. The van der Waals surface area contributed by atoms with Crippen LogP contribution in [-0.4, -0.2) is 44.9 Å². The molecule has 2 unspecified atom stereocenters. The molecular weight excluding hydrogens is 381 g/mol. The lowest BCUT2D eigenvalue weighted by molar-refractivity contribution is 0.0568. The molecule has 4 N–H and O–H groups in total. The molecule has 0 spiro atoms. The van der Waals surface area contributed by atoms with Crippen LogP contribution in [0, 0.1) is 12.8 Å². The maximum absolute atomic E-state index is 12.9. The lowest BCUT2D eigenvalue weighted by atomic mass is 9.92. The molecule has 0 radical (unpaired) electrons. The number of amides is 1. The number of nitrogens with two attached hydrogens (primary N) is 1. The third-order valence-corrected chi connectivity index (χ3v) is 4.63. The van der Waals surface area contributed by atoms with Crippen molar-refractivity contribution in [2.45, 2.75) is 32.7 Å². The van der Waals surface area contributed by atoms with Gasteiger partial charge >= 0.3 is 5.69 Å². The predicted octanol–water partition coefficient (Wildman–Crippen LogP) is 0.963. The van der Waals surface area contributed by atoms with Crippen LogP contribution < -0.4 is 17.0 Å². The van der Waals surface area contributed by atoms with Crippen molar-refractivity contribution in [1.29, 1.82) is 0 Å². The third-order valence-electron chi connectivity index (χ3n) is 4.63. The maximum atomic E-state index is 12.9. The summed E-state index contributed by atoms with van der Waals surface area (Å²) >= 11 is 0. The van der Waals surface area contributed by atoms with Gasteiger partial charge in [0.2, 0.25) is 0 Å². The number of nitrogens with one attached hydrogen (secondary N) is 2. The highest BCUT2D eigenvalue weighted by atomic mass is 35.5. The number of nitrogens with zero attached hydrogens (tertiary/aromatic N) is 2. The second-order valence-corrected chi connectivity index (χ2v) is 6.47. The molecule has 0 saturated carbocycles. The minimum absolute atomic E-state index is 0. The molecule has 26 heavy (non-hydrogen) atoms. The van der Waals surface area contributed by atoms with E-state index in [1.165, 1.54) is 0 Å². The van der Waals surface area contributed by atoms with Crippen LogP contribution in [0.25, 0.3) is 11.0 Å². The lowest BCUT2D eigenvalue weighted by Gasteiger charge is -2.37. The predicted molar refractivity (Wildman–Crippen MR) is 104 cm³/mol. The lowest BCUT2D eigenvalue weighted by Crippen LogP contribution is -2.49. The van der Waals surface area contributed by atoms with Gasteiger partial charge in [0.05, 0.1) is 5.39 Å². The van der Waals surface area contributed by atoms with Gasteiger partial charge in [-0.3, -0.25) is 19.6 Å². The average molecular weight is 404 g/mol. The Morgan fingerprint density at radius 1 is 1.35 bits per heavy atom. The number of fused-ring (bicyclic) bond motifs is 1. The van der Waals surface area contributed by atoms with E-state index in [0.717, 1.165) is 12.8 Å². The largest absolute Gasteiger partial charge is 0.333 e. The molecule has 8 nitrogen and oxygen atoms in total. The number of hydrogen-bond donors (Lipinski definition) is 3. The molecule has 2 aromatic rings. The van der Waals surface area contributed by atoms with Gasteiger partial charge in [-0.05, 0) is 37.3 Å². The van der Waals surface area contributed by atoms with Crippen LogP contribution in [0.3, 0.4) is 0 Å². The van der Waals surface area contributed by atoms with Crippen LogP contribution in [0.5, 0.6) is 0 Å². The quantitative estimate of drug-likeness (QED) is 0.688. The molecule has 1 amide bonds. The Hall–Kier alpha value is -1.90. The van der Waals surface area contributed by atoms with Crippen molar-refractivity contribution in [2.24, 2.45) is 11.7 Å². The van der Waals surface area contributed by atoms with E-state index in [4.69, 9.17) is 5.73 Å². The van der Waals surface area contributed by atoms with E-state index in [-0.39, 0.29) is 53.5 Å². The second kappa shape index (κ2) is 8.66. The fourth-order valence-corrected chi connectivity index (χ4v) is 3.35. The molecular formula is C16H23Cl2N5O3. The van der Waals surface area contributed by atoms with Crippen molar-refractivity contribution in [3.63, 3.8) is 0 Å². The number of H-pyrrole nitrogens is 2. The minimum Gasteiger partial charge on any atom is -0.333 e. The Morgan fingerprint density at radius 3 is 2.69 bits per heavy atom. The number of halogens is 2. The summed E-state index contributed by atoms with van der Waals surface area (Å²) in [5.41, 5.74) is 5.61. The molecule has 10 heteroatoms. The van der Waals surface area contributed by atoms with Crippen molar-refractivity contribution >= 4 is 41.8 Å². The second-order valence-electron chi connectivity index (χ2n) is 6.47. The van der Waals surface area contributed by atoms with E-state index in [1.54, 1.807) is 17.9 Å². The van der Waals surface area contributed by atoms with Gasteiger partial charge in [0.25, 0.3) is 11.5 Å². The third kappa shape index (κ3) is 4.08. The fraction of sp³-hybridized carbons (Fsp3) is 0.500. The van der Waals surface area contributed by atoms with E-state index >= 15 is 0 Å². The van der Waals surface area contributed by atoms with Gasteiger partial charge in [0.1, 0.15) is 11.3 Å². The number of hydrogen-bond acceptors (Lipinski definition) is 5. The SMILES string of the molecule is Cc1cc(C(=O)N2CCC(C)CC2CN)nc2[nH]c(=O)[nH]c(=O)c12.Cl.Cl. The molecule has 1 aliphatic rings. The molecule has 144 valence electrons. The summed E-state index contributed by atoms with van der Waals surface area (Å²) in [7, 11) is 0. The molecule has 0 aliphatic carbocycles. The summed E-state index contributed by atoms with van der Waals surface area (Å²) < 4.78 is 0. The highest BCUT2D eigenvalue weighted by molar-refractivity contribution is 5.95. The molecule has 3 rings (SSSR count). The van der Waals surface area contributed by atoms with Crippen molar-refractivity contribution in [1.82, 2.24) is 19.9 Å². The smallest absolute Gasteiger partial charge is 0.327 e. The van der Waals surface area contributed by atoms with E-state index in [9.17, 15) is 14.4 Å². The Balaban J connectivity index is 0.00000169. The molecule has 1 aliphatic heterocycles. The van der Waals surface area contributed by atoms with Gasteiger partial charge in [-0.15, -0.1) is 24.8 Å². The van der Waals surface area contributed by atoms with Gasteiger partial charge in [-0.25, -0.2) is 9.78 Å². The molecule has 0 aromatic carbocycles. The first-order valence-electron chi connectivity index (χ1n) is 8.05. The van der Waals surface area contributed by atoms with Crippen LogP contribution in [0.15, 0.2) is 15.7 Å². The minimum atomic E-state index is -0.643. The van der Waals surface area contributed by atoms with E-state index in [0.29, 0.717) is 24.6 Å². The highest BCUT2D eigenvalue weighted by Gasteiger charge is 2.30. The fourth-order valence-electron chi connectivity index (χ4n) is 3.35. The van der Waals surface area contributed by atoms with Crippen LogP contribution in [-0.2, 0) is 0 Å². The van der Waals surface area contributed by atoms with E-state index in [2.05, 4.69) is 21.9 Å². The van der Waals surface area contributed by atoms with Gasteiger partial charge in [-0.1, -0.05) is 6.92 Å². The Morgan fingerprint density at radius 2 is 2.04 bits per heavy atom. The number of aromatic amines is 2. The molecule has 1 saturated heterocycles. The summed E-state index contributed by atoms with van der Waals surface area (Å²) in [6.45, 7) is 4.90. The van der Waals surface area contributed by atoms with Crippen molar-refractivity contribution in [3.05, 3.63) is 38.2 Å². The highest BCUT2D eigenvalue weighted by Crippen LogP contribution is 2.24. The molecule has 2 aromatic heterocycles. The number of rotatable bonds is 2. The van der Waals surface area contributed by atoms with Crippen molar-refractivity contribution in [2.75, 3.05) is 13.1 Å². The number of aryl methyl sites for hydroxylation is 1. The average Bonchev–Trinajstić information content (AvgIpc) is 2.52. The summed E-state index contributed by atoms with van der Waals surface area (Å²) in [6.07, 6.45) is 1.79. The molecule has 3 heterocycles. The zero-order valence-corrected chi connectivity index (χ0v) is 16.2. The zero-order valence-electron chi connectivity index (χ0n) is 14.6. The Bertz CT molecular complexity index is 911. The first-order valence-corrected chi connectivity index (χ1v) is 8.05. The zero-order chi connectivity index (χ0) is 17.4. The van der Waals surface area contributed by atoms with Gasteiger partial charge < -0.3 is 10.6 Å². The Labute approximate surface area is 162 Å². The molecule has 0 bridgehead atoms.